The minimum absolute atomic E-state index is 0.125. The summed E-state index contributed by atoms with van der Waals surface area (Å²) in [5.74, 6) is 1.06. The number of ether oxygens (including phenoxy) is 1. The highest BCUT2D eigenvalue weighted by Gasteiger charge is 2.15. The first kappa shape index (κ1) is 19.5. The average Bonchev–Trinajstić information content (AvgIpc) is 3.29. The third-order valence-corrected chi connectivity index (χ3v) is 4.91. The molecule has 0 aliphatic rings. The normalized spacial score (nSPS) is 10.6. The molecule has 0 aliphatic carbocycles. The number of aryl methyl sites for hydroxylation is 1. The van der Waals surface area contributed by atoms with Crippen molar-refractivity contribution < 1.29 is 13.9 Å². The highest BCUT2D eigenvalue weighted by Crippen LogP contribution is 2.33. The fourth-order valence-electron chi connectivity index (χ4n) is 3.41. The number of carbonyl (C=O) groups is 1. The molecular weight excluding hydrogens is 376 g/mol. The van der Waals surface area contributed by atoms with Crippen molar-refractivity contribution in [2.24, 2.45) is 0 Å². The minimum Gasteiger partial charge on any atom is -0.497 e. The lowest BCUT2D eigenvalue weighted by Crippen LogP contribution is -2.15. The number of carbonyl (C=O) groups excluding carboxylic acids is 1. The molecule has 0 spiro atoms. The SMILES string of the molecule is COc1cccc(CC(=O)Nc2ccc(-c3ccccc3C)cc2-c2ncco2)c1. The Bertz CT molecular complexity index is 1170. The molecule has 4 rings (SSSR count). The number of rotatable bonds is 6. The van der Waals surface area contributed by atoms with Gasteiger partial charge in [0.15, 0.2) is 0 Å². The second kappa shape index (κ2) is 8.66. The summed E-state index contributed by atoms with van der Waals surface area (Å²) in [5, 5.41) is 3.00. The van der Waals surface area contributed by atoms with Gasteiger partial charge in [0.25, 0.3) is 0 Å². The van der Waals surface area contributed by atoms with Crippen LogP contribution in [-0.4, -0.2) is 18.0 Å². The lowest BCUT2D eigenvalue weighted by molar-refractivity contribution is -0.115. The van der Waals surface area contributed by atoms with Crippen LogP contribution in [0.2, 0.25) is 0 Å². The van der Waals surface area contributed by atoms with Crippen LogP contribution in [0.15, 0.2) is 83.6 Å². The number of oxazole rings is 1. The molecule has 4 aromatic rings. The molecule has 0 radical (unpaired) electrons. The molecule has 0 unspecified atom stereocenters. The van der Waals surface area contributed by atoms with Gasteiger partial charge in [0.1, 0.15) is 12.0 Å². The number of aromatic nitrogens is 1. The molecule has 0 atom stereocenters. The zero-order valence-corrected chi connectivity index (χ0v) is 16.9. The van der Waals surface area contributed by atoms with Crippen molar-refractivity contribution in [3.8, 4) is 28.3 Å². The van der Waals surface area contributed by atoms with E-state index in [-0.39, 0.29) is 12.3 Å². The lowest BCUT2D eigenvalue weighted by Gasteiger charge is -2.13. The van der Waals surface area contributed by atoms with Gasteiger partial charge in [-0.2, -0.15) is 0 Å². The molecule has 3 aromatic carbocycles. The van der Waals surface area contributed by atoms with E-state index >= 15 is 0 Å². The zero-order chi connectivity index (χ0) is 20.9. The summed E-state index contributed by atoms with van der Waals surface area (Å²) < 4.78 is 10.8. The van der Waals surface area contributed by atoms with Crippen molar-refractivity contribution in [2.75, 3.05) is 12.4 Å². The highest BCUT2D eigenvalue weighted by molar-refractivity contribution is 5.96. The van der Waals surface area contributed by atoms with Gasteiger partial charge >= 0.3 is 0 Å². The van der Waals surface area contributed by atoms with E-state index in [0.29, 0.717) is 11.6 Å². The number of hydrogen-bond acceptors (Lipinski definition) is 4. The molecule has 150 valence electrons. The van der Waals surface area contributed by atoms with Gasteiger partial charge in [-0.05, 0) is 53.4 Å². The van der Waals surface area contributed by atoms with Gasteiger partial charge in [0.05, 0.1) is 31.0 Å². The number of hydrogen-bond donors (Lipinski definition) is 1. The van der Waals surface area contributed by atoms with E-state index in [2.05, 4.69) is 29.4 Å². The molecule has 0 saturated heterocycles. The van der Waals surface area contributed by atoms with Crippen LogP contribution in [0.1, 0.15) is 11.1 Å². The third kappa shape index (κ3) is 4.25. The molecule has 0 saturated carbocycles. The molecule has 1 aromatic heterocycles. The second-order valence-corrected chi connectivity index (χ2v) is 6.99. The predicted octanol–water partition coefficient (Wildman–Crippen LogP) is 5.51. The number of benzene rings is 3. The molecule has 1 amide bonds. The first-order valence-electron chi connectivity index (χ1n) is 9.67. The Kier molecular flexibility index (Phi) is 5.61. The lowest BCUT2D eigenvalue weighted by atomic mass is 9.98. The van der Waals surface area contributed by atoms with Crippen LogP contribution in [0.5, 0.6) is 5.75 Å². The van der Waals surface area contributed by atoms with Gasteiger partial charge in [-0.1, -0.05) is 42.5 Å². The Balaban J connectivity index is 1.64. The van der Waals surface area contributed by atoms with Gasteiger partial charge < -0.3 is 14.5 Å². The second-order valence-electron chi connectivity index (χ2n) is 6.99. The van der Waals surface area contributed by atoms with Crippen LogP contribution in [0.25, 0.3) is 22.6 Å². The van der Waals surface area contributed by atoms with Crippen LogP contribution < -0.4 is 10.1 Å². The van der Waals surface area contributed by atoms with Crippen LogP contribution in [0, 0.1) is 6.92 Å². The quantitative estimate of drug-likeness (QED) is 0.465. The smallest absolute Gasteiger partial charge is 0.228 e. The van der Waals surface area contributed by atoms with E-state index < -0.39 is 0 Å². The van der Waals surface area contributed by atoms with Crippen LogP contribution in [0.3, 0.4) is 0 Å². The van der Waals surface area contributed by atoms with Crippen molar-refractivity contribution in [3.63, 3.8) is 0 Å². The summed E-state index contributed by atoms with van der Waals surface area (Å²) in [4.78, 5) is 17.0. The van der Waals surface area contributed by atoms with Gasteiger partial charge in [-0.25, -0.2) is 4.98 Å². The molecule has 5 heteroatoms. The third-order valence-electron chi connectivity index (χ3n) is 4.91. The van der Waals surface area contributed by atoms with E-state index in [9.17, 15) is 4.79 Å². The first-order valence-corrected chi connectivity index (χ1v) is 9.67. The zero-order valence-electron chi connectivity index (χ0n) is 16.9. The molecule has 0 fully saturated rings. The number of anilines is 1. The van der Waals surface area contributed by atoms with Crippen molar-refractivity contribution in [2.45, 2.75) is 13.3 Å². The summed E-state index contributed by atoms with van der Waals surface area (Å²) in [7, 11) is 1.61. The maximum Gasteiger partial charge on any atom is 0.228 e. The average molecular weight is 398 g/mol. The van der Waals surface area contributed by atoms with E-state index in [4.69, 9.17) is 9.15 Å². The molecule has 1 N–H and O–H groups in total. The summed E-state index contributed by atoms with van der Waals surface area (Å²) in [6.07, 6.45) is 3.36. The minimum atomic E-state index is -0.125. The summed E-state index contributed by atoms with van der Waals surface area (Å²) in [6.45, 7) is 2.07. The van der Waals surface area contributed by atoms with Crippen molar-refractivity contribution in [3.05, 3.63) is 90.3 Å². The summed E-state index contributed by atoms with van der Waals surface area (Å²) in [5.41, 5.74) is 5.60. The first-order chi connectivity index (χ1) is 14.6. The Morgan fingerprint density at radius 2 is 1.90 bits per heavy atom. The highest BCUT2D eigenvalue weighted by atomic mass is 16.5. The maximum atomic E-state index is 12.7. The van der Waals surface area contributed by atoms with Gasteiger partial charge in [0.2, 0.25) is 11.8 Å². The Labute approximate surface area is 175 Å². The molecule has 30 heavy (non-hydrogen) atoms. The number of nitrogens with zero attached hydrogens (tertiary/aromatic N) is 1. The van der Waals surface area contributed by atoms with E-state index in [1.165, 1.54) is 11.8 Å². The topological polar surface area (TPSA) is 64.4 Å². The van der Waals surface area contributed by atoms with Gasteiger partial charge in [-0.15, -0.1) is 0 Å². The van der Waals surface area contributed by atoms with Crippen molar-refractivity contribution in [1.29, 1.82) is 0 Å². The standard InChI is InChI=1S/C25H22N2O3/c1-17-6-3-4-9-21(17)19-10-11-23(22(16-19)25-26-12-13-30-25)27-24(28)15-18-7-5-8-20(14-18)29-2/h3-14,16H,15H2,1-2H3,(H,27,28). The van der Waals surface area contributed by atoms with Gasteiger partial charge in [0, 0.05) is 0 Å². The molecule has 0 bridgehead atoms. The Morgan fingerprint density at radius 1 is 1.03 bits per heavy atom. The van der Waals surface area contributed by atoms with E-state index in [1.54, 1.807) is 13.3 Å². The van der Waals surface area contributed by atoms with Crippen LogP contribution >= 0.6 is 0 Å². The van der Waals surface area contributed by atoms with Crippen LogP contribution in [0.4, 0.5) is 5.69 Å². The maximum absolute atomic E-state index is 12.7. The molecule has 0 aliphatic heterocycles. The Morgan fingerprint density at radius 3 is 2.67 bits per heavy atom. The van der Waals surface area contributed by atoms with Crippen molar-refractivity contribution in [1.82, 2.24) is 4.98 Å². The predicted molar refractivity (Wildman–Crippen MR) is 117 cm³/mol. The molecule has 5 nitrogen and oxygen atoms in total. The summed E-state index contributed by atoms with van der Waals surface area (Å²) in [6, 6.07) is 21.5. The Hall–Kier alpha value is -3.86. The van der Waals surface area contributed by atoms with E-state index in [0.717, 1.165) is 28.0 Å². The fraction of sp³-hybridized carbons (Fsp3) is 0.120. The molecular formula is C25H22N2O3. The molecule has 1 heterocycles. The number of methoxy groups -OCH3 is 1. The number of amides is 1. The van der Waals surface area contributed by atoms with Crippen molar-refractivity contribution >= 4 is 11.6 Å². The summed E-state index contributed by atoms with van der Waals surface area (Å²) >= 11 is 0. The largest absolute Gasteiger partial charge is 0.497 e. The fourth-order valence-corrected chi connectivity index (χ4v) is 3.41. The van der Waals surface area contributed by atoms with E-state index in [1.807, 2.05) is 54.6 Å². The van der Waals surface area contributed by atoms with Gasteiger partial charge in [-0.3, -0.25) is 4.79 Å². The monoisotopic (exact) mass is 398 g/mol. The number of nitrogens with one attached hydrogen (secondary N) is 1. The van der Waals surface area contributed by atoms with Crippen LogP contribution in [-0.2, 0) is 11.2 Å².